The van der Waals surface area contributed by atoms with E-state index >= 15 is 0 Å². The summed E-state index contributed by atoms with van der Waals surface area (Å²) in [5.41, 5.74) is 0.582. The number of hydrogen-bond donors (Lipinski definition) is 3. The lowest BCUT2D eigenvalue weighted by Gasteiger charge is -2.40. The topological polar surface area (TPSA) is 123 Å². The number of pyridine rings is 1. The molecule has 2 aromatic rings. The van der Waals surface area contributed by atoms with E-state index in [2.05, 4.69) is 33.4 Å². The Morgan fingerprint density at radius 1 is 1.41 bits per heavy atom. The second kappa shape index (κ2) is 7.81. The highest BCUT2D eigenvalue weighted by Gasteiger charge is 2.43. The maximum atomic E-state index is 10.1. The zero-order valence-corrected chi connectivity index (χ0v) is 16.6. The van der Waals surface area contributed by atoms with Gasteiger partial charge < -0.3 is 25.1 Å². The zero-order chi connectivity index (χ0) is 20.4. The van der Waals surface area contributed by atoms with Crippen LogP contribution in [0.15, 0.2) is 18.3 Å². The molecule has 152 valence electrons. The van der Waals surface area contributed by atoms with Crippen LogP contribution in [-0.4, -0.2) is 60.4 Å². The minimum absolute atomic E-state index is 0.0711. The highest BCUT2D eigenvalue weighted by Crippen LogP contribution is 2.41. The fourth-order valence-corrected chi connectivity index (χ4v) is 3.82. The Morgan fingerprint density at radius 3 is 2.83 bits per heavy atom. The third-order valence-electron chi connectivity index (χ3n) is 5.84. The van der Waals surface area contributed by atoms with Crippen molar-refractivity contribution in [1.29, 1.82) is 10.7 Å². The SMILES string of the molecule is C[C@@H]1COCCN1c1cc(C(C)(C#N)C2COC2)c(C=N)c(Nc2cc[nH]n2)n1. The van der Waals surface area contributed by atoms with E-state index in [9.17, 15) is 5.26 Å². The van der Waals surface area contributed by atoms with Crippen LogP contribution in [0.2, 0.25) is 0 Å². The van der Waals surface area contributed by atoms with Gasteiger partial charge in [-0.3, -0.25) is 5.10 Å². The first-order valence-corrected chi connectivity index (χ1v) is 9.73. The summed E-state index contributed by atoms with van der Waals surface area (Å²) in [7, 11) is 0. The van der Waals surface area contributed by atoms with Crippen molar-refractivity contribution in [2.75, 3.05) is 43.2 Å². The molecule has 3 N–H and O–H groups in total. The lowest BCUT2D eigenvalue weighted by atomic mass is 9.70. The average Bonchev–Trinajstić information content (AvgIpc) is 3.19. The molecule has 9 nitrogen and oxygen atoms in total. The van der Waals surface area contributed by atoms with Gasteiger partial charge in [0.1, 0.15) is 11.6 Å². The van der Waals surface area contributed by atoms with Crippen LogP contribution >= 0.6 is 0 Å². The Labute approximate surface area is 169 Å². The lowest BCUT2D eigenvalue weighted by molar-refractivity contribution is -0.0563. The summed E-state index contributed by atoms with van der Waals surface area (Å²) in [6.45, 7) is 7.06. The number of hydrogen-bond acceptors (Lipinski definition) is 8. The van der Waals surface area contributed by atoms with Crippen molar-refractivity contribution in [2.24, 2.45) is 5.92 Å². The second-order valence-electron chi connectivity index (χ2n) is 7.68. The van der Waals surface area contributed by atoms with Crippen LogP contribution in [0.5, 0.6) is 0 Å². The standard InChI is InChI=1S/C20H25N7O2/c1-13-9-28-6-5-27(13)18-7-16(20(2,12-22)14-10-29-11-14)15(8-21)19(25-18)24-17-3-4-23-26-17/h3-4,7-8,13-14,21H,5-6,9-11H2,1-2H3,(H2,23,24,25,26)/t13-,20?/m1/s1. The first kappa shape index (κ1) is 19.4. The molecule has 0 aromatic carbocycles. The van der Waals surface area contributed by atoms with E-state index in [0.29, 0.717) is 43.6 Å². The molecule has 0 radical (unpaired) electrons. The van der Waals surface area contributed by atoms with Crippen LogP contribution < -0.4 is 10.2 Å². The van der Waals surface area contributed by atoms with Gasteiger partial charge in [-0.1, -0.05) is 0 Å². The maximum Gasteiger partial charge on any atom is 0.153 e. The molecule has 2 atom stereocenters. The predicted molar refractivity (Wildman–Crippen MR) is 109 cm³/mol. The number of nitrogens with zero attached hydrogens (tertiary/aromatic N) is 4. The van der Waals surface area contributed by atoms with Gasteiger partial charge in [-0.25, -0.2) is 4.98 Å². The van der Waals surface area contributed by atoms with Gasteiger partial charge in [0.15, 0.2) is 5.82 Å². The molecule has 0 bridgehead atoms. The molecule has 0 saturated carbocycles. The van der Waals surface area contributed by atoms with Crippen molar-refractivity contribution in [3.63, 3.8) is 0 Å². The fraction of sp³-hybridized carbons (Fsp3) is 0.500. The van der Waals surface area contributed by atoms with Crippen molar-refractivity contribution in [3.05, 3.63) is 29.5 Å². The van der Waals surface area contributed by atoms with E-state index in [4.69, 9.17) is 19.9 Å². The largest absolute Gasteiger partial charge is 0.381 e. The summed E-state index contributed by atoms with van der Waals surface area (Å²) in [5, 5.41) is 28.3. The number of aromatic amines is 1. The quantitative estimate of drug-likeness (QED) is 0.641. The van der Waals surface area contributed by atoms with Gasteiger partial charge in [-0.15, -0.1) is 0 Å². The summed E-state index contributed by atoms with van der Waals surface area (Å²) < 4.78 is 10.9. The first-order chi connectivity index (χ1) is 14.1. The van der Waals surface area contributed by atoms with E-state index < -0.39 is 5.41 Å². The molecular formula is C20H25N7O2. The Kier molecular flexibility index (Phi) is 5.22. The van der Waals surface area contributed by atoms with E-state index in [-0.39, 0.29) is 12.0 Å². The number of H-pyrrole nitrogens is 1. The number of anilines is 3. The van der Waals surface area contributed by atoms with Gasteiger partial charge in [0.2, 0.25) is 0 Å². The van der Waals surface area contributed by atoms with E-state index in [0.717, 1.165) is 17.9 Å². The van der Waals surface area contributed by atoms with E-state index in [1.54, 1.807) is 12.3 Å². The van der Waals surface area contributed by atoms with Gasteiger partial charge >= 0.3 is 0 Å². The van der Waals surface area contributed by atoms with Crippen molar-refractivity contribution in [1.82, 2.24) is 15.2 Å². The molecule has 2 saturated heterocycles. The molecule has 2 aliphatic heterocycles. The van der Waals surface area contributed by atoms with Crippen LogP contribution in [0.25, 0.3) is 0 Å². The molecule has 4 rings (SSSR count). The van der Waals surface area contributed by atoms with Crippen LogP contribution in [-0.2, 0) is 14.9 Å². The number of rotatable bonds is 6. The molecule has 2 aromatic heterocycles. The Balaban J connectivity index is 1.86. The summed E-state index contributed by atoms with van der Waals surface area (Å²) in [6, 6.07) is 6.41. The number of nitriles is 1. The highest BCUT2D eigenvalue weighted by molar-refractivity contribution is 5.89. The zero-order valence-electron chi connectivity index (χ0n) is 16.6. The van der Waals surface area contributed by atoms with Crippen molar-refractivity contribution in [3.8, 4) is 6.07 Å². The normalized spacial score (nSPS) is 21.7. The third-order valence-corrected chi connectivity index (χ3v) is 5.84. The van der Waals surface area contributed by atoms with Crippen molar-refractivity contribution in [2.45, 2.75) is 25.3 Å². The molecule has 9 heteroatoms. The molecule has 4 heterocycles. The Bertz CT molecular complexity index is 920. The van der Waals surface area contributed by atoms with Gasteiger partial charge in [-0.2, -0.15) is 10.4 Å². The molecule has 0 amide bonds. The molecule has 29 heavy (non-hydrogen) atoms. The predicted octanol–water partition coefficient (Wildman–Crippen LogP) is 2.20. The van der Waals surface area contributed by atoms with E-state index in [1.807, 2.05) is 13.0 Å². The van der Waals surface area contributed by atoms with Crippen molar-refractivity contribution < 1.29 is 9.47 Å². The minimum atomic E-state index is -0.791. The molecular weight excluding hydrogens is 370 g/mol. The summed E-state index contributed by atoms with van der Waals surface area (Å²) in [5.74, 6) is 1.95. The van der Waals surface area contributed by atoms with Gasteiger partial charge in [-0.05, 0) is 25.5 Å². The first-order valence-electron chi connectivity index (χ1n) is 9.73. The molecule has 2 fully saturated rings. The fourth-order valence-electron chi connectivity index (χ4n) is 3.82. The monoisotopic (exact) mass is 395 g/mol. The Morgan fingerprint density at radius 2 is 2.24 bits per heavy atom. The smallest absolute Gasteiger partial charge is 0.153 e. The molecule has 2 aliphatic rings. The van der Waals surface area contributed by atoms with E-state index in [1.165, 1.54) is 6.21 Å². The number of aromatic nitrogens is 3. The molecule has 1 unspecified atom stereocenters. The molecule has 0 spiro atoms. The van der Waals surface area contributed by atoms with Crippen LogP contribution in [0.3, 0.4) is 0 Å². The van der Waals surface area contributed by atoms with Gasteiger partial charge in [0.05, 0.1) is 44.0 Å². The minimum Gasteiger partial charge on any atom is -0.381 e. The summed E-state index contributed by atoms with van der Waals surface area (Å²) >= 11 is 0. The van der Waals surface area contributed by atoms with Crippen LogP contribution in [0.4, 0.5) is 17.5 Å². The summed E-state index contributed by atoms with van der Waals surface area (Å²) in [6.07, 6.45) is 2.98. The van der Waals surface area contributed by atoms with Crippen LogP contribution in [0.1, 0.15) is 25.0 Å². The highest BCUT2D eigenvalue weighted by atomic mass is 16.5. The Hall–Kier alpha value is -2.96. The number of ether oxygens (including phenoxy) is 2. The average molecular weight is 395 g/mol. The summed E-state index contributed by atoms with van der Waals surface area (Å²) in [4.78, 5) is 7.00. The van der Waals surface area contributed by atoms with Crippen molar-refractivity contribution >= 4 is 23.7 Å². The van der Waals surface area contributed by atoms with Gasteiger partial charge in [0, 0.05) is 36.5 Å². The maximum absolute atomic E-state index is 10.1. The number of morpholine rings is 1. The molecule has 0 aliphatic carbocycles. The van der Waals surface area contributed by atoms with Crippen LogP contribution in [0, 0.1) is 22.7 Å². The van der Waals surface area contributed by atoms with Gasteiger partial charge in [0.25, 0.3) is 0 Å². The third kappa shape index (κ3) is 3.45. The second-order valence-corrected chi connectivity index (χ2v) is 7.68. The lowest BCUT2D eigenvalue weighted by Crippen LogP contribution is -2.46. The number of nitrogens with one attached hydrogen (secondary N) is 3.